The highest BCUT2D eigenvalue weighted by molar-refractivity contribution is 6.28. The van der Waals surface area contributed by atoms with Gasteiger partial charge in [0.2, 0.25) is 0 Å². The van der Waals surface area contributed by atoms with Crippen LogP contribution in [0.4, 0.5) is 0 Å². The zero-order chi connectivity index (χ0) is 49.8. The summed E-state index contributed by atoms with van der Waals surface area (Å²) in [4.78, 5) is 30.4. The molecule has 0 unspecified atom stereocenters. The van der Waals surface area contributed by atoms with Gasteiger partial charge in [-0.1, -0.05) is 208 Å². The van der Waals surface area contributed by atoms with Crippen molar-refractivity contribution in [3.05, 3.63) is 242 Å². The lowest BCUT2D eigenvalue weighted by Crippen LogP contribution is -2.15. The van der Waals surface area contributed by atoms with E-state index in [1.54, 1.807) is 0 Å². The van der Waals surface area contributed by atoms with Gasteiger partial charge in [0, 0.05) is 38.8 Å². The van der Waals surface area contributed by atoms with Crippen molar-refractivity contribution in [1.82, 2.24) is 29.9 Å². The van der Waals surface area contributed by atoms with E-state index in [1.807, 2.05) is 72.8 Å². The first kappa shape index (κ1) is 42.9. The number of rotatable bonds is 6. The molecule has 0 radical (unpaired) electrons. The van der Waals surface area contributed by atoms with Crippen LogP contribution >= 0.6 is 0 Å². The summed E-state index contributed by atoms with van der Waals surface area (Å²) in [5.41, 5.74) is 10.6. The number of benzene rings is 12. The third kappa shape index (κ3) is 6.87. The molecule has 0 N–H and O–H groups in total. The van der Waals surface area contributed by atoms with Gasteiger partial charge in [0.1, 0.15) is 0 Å². The highest BCUT2D eigenvalue weighted by Crippen LogP contribution is 2.54. The van der Waals surface area contributed by atoms with Crippen molar-refractivity contribution in [2.24, 2.45) is 0 Å². The molecule has 350 valence electrons. The van der Waals surface area contributed by atoms with Gasteiger partial charge in [0.15, 0.2) is 34.9 Å². The minimum Gasteiger partial charge on any atom is -0.208 e. The first-order valence-electron chi connectivity index (χ1n) is 25.5. The Morgan fingerprint density at radius 3 is 0.760 bits per heavy atom. The first-order valence-corrected chi connectivity index (χ1v) is 25.5. The fraction of sp³-hybridized carbons (Fsp3) is 0.0435. The van der Waals surface area contributed by atoms with Crippen LogP contribution in [0.3, 0.4) is 0 Å². The van der Waals surface area contributed by atoms with Crippen molar-refractivity contribution >= 4 is 64.6 Å². The summed E-state index contributed by atoms with van der Waals surface area (Å²) in [6, 6.07) is 81.7. The SMILES string of the molecule is CC1(C)c2cc3c4ccc(-c5nc(-c6ccccc6)nc(-c6ccccc6)n5)cc4c4ccccc4c3cc2-c2cc3c4ccccc4c4cc(-c5nc(-c6ccccc6)nc(-c6ccccc6)n5)ccc4c3cc21. The Morgan fingerprint density at radius 2 is 0.453 bits per heavy atom. The molecule has 0 spiro atoms. The highest BCUT2D eigenvalue weighted by Gasteiger charge is 2.37. The molecule has 1 aliphatic carbocycles. The molecular weight excluding hydrogens is 913 g/mol. The van der Waals surface area contributed by atoms with Gasteiger partial charge in [-0.2, -0.15) is 0 Å². The Labute approximate surface area is 432 Å². The Bertz CT molecular complexity index is 4240. The van der Waals surface area contributed by atoms with Gasteiger partial charge < -0.3 is 0 Å². The normalized spacial score (nSPS) is 12.8. The Hall–Kier alpha value is -9.78. The summed E-state index contributed by atoms with van der Waals surface area (Å²) < 4.78 is 0. The second-order valence-corrected chi connectivity index (χ2v) is 20.2. The topological polar surface area (TPSA) is 77.3 Å². The largest absolute Gasteiger partial charge is 0.208 e. The van der Waals surface area contributed by atoms with E-state index in [0.29, 0.717) is 34.9 Å². The molecule has 2 aromatic heterocycles. The van der Waals surface area contributed by atoms with Gasteiger partial charge in [0.25, 0.3) is 0 Å². The zero-order valence-electron chi connectivity index (χ0n) is 41.1. The van der Waals surface area contributed by atoms with Crippen LogP contribution < -0.4 is 0 Å². The summed E-state index contributed by atoms with van der Waals surface area (Å²) in [6.45, 7) is 4.78. The molecule has 2 heterocycles. The van der Waals surface area contributed by atoms with Crippen LogP contribution in [0, 0.1) is 0 Å². The fourth-order valence-corrected chi connectivity index (χ4v) is 11.8. The average Bonchev–Trinajstić information content (AvgIpc) is 3.71. The second-order valence-electron chi connectivity index (χ2n) is 20.2. The molecule has 0 atom stereocenters. The number of nitrogens with zero attached hydrogens (tertiary/aromatic N) is 6. The van der Waals surface area contributed by atoms with Gasteiger partial charge >= 0.3 is 0 Å². The summed E-state index contributed by atoms with van der Waals surface area (Å²) >= 11 is 0. The van der Waals surface area contributed by atoms with Crippen LogP contribution in [0.5, 0.6) is 0 Å². The third-order valence-corrected chi connectivity index (χ3v) is 15.5. The molecule has 1 aliphatic rings. The standard InChI is InChI=1S/C69H44N6/c1-69(2)61-39-57-51-33-31-45(67-72-63(41-19-7-3-8-20-41)70-64(73-67)42-21-9-4-10-22-42)35-53(51)47-27-15-17-29-49(47)55(57)37-59(61)60-38-56-50-30-18-16-28-48(50)54-36-46(32-34-52(54)58(56)40-62(60)69)68-74-65(43-23-11-5-12-24-43)71-66(75-68)44-25-13-6-14-26-44/h3-40H,1-2H3. The van der Waals surface area contributed by atoms with Gasteiger partial charge in [-0.15, -0.1) is 0 Å². The lowest BCUT2D eigenvalue weighted by molar-refractivity contribution is 0.662. The predicted octanol–water partition coefficient (Wildman–Crippen LogP) is 17.3. The van der Waals surface area contributed by atoms with E-state index in [-0.39, 0.29) is 5.41 Å². The van der Waals surface area contributed by atoms with Crippen LogP contribution in [0.1, 0.15) is 25.0 Å². The Kier molecular flexibility index (Phi) is 9.51. The molecule has 6 heteroatoms. The van der Waals surface area contributed by atoms with E-state index in [9.17, 15) is 0 Å². The maximum atomic E-state index is 5.11. The lowest BCUT2D eigenvalue weighted by Gasteiger charge is -2.23. The molecule has 0 saturated heterocycles. The number of hydrogen-bond donors (Lipinski definition) is 0. The van der Waals surface area contributed by atoms with Crippen LogP contribution in [0.25, 0.3) is 144 Å². The van der Waals surface area contributed by atoms with E-state index < -0.39 is 0 Å². The van der Waals surface area contributed by atoms with E-state index in [0.717, 1.165) is 33.4 Å². The van der Waals surface area contributed by atoms with E-state index in [4.69, 9.17) is 29.9 Å². The van der Waals surface area contributed by atoms with E-state index in [2.05, 4.69) is 172 Å². The van der Waals surface area contributed by atoms with Crippen molar-refractivity contribution in [2.75, 3.05) is 0 Å². The van der Waals surface area contributed by atoms with Crippen molar-refractivity contribution in [1.29, 1.82) is 0 Å². The molecule has 0 aliphatic heterocycles. The van der Waals surface area contributed by atoms with Crippen molar-refractivity contribution in [3.63, 3.8) is 0 Å². The number of aromatic nitrogens is 6. The lowest BCUT2D eigenvalue weighted by atomic mass is 9.80. The molecule has 0 saturated carbocycles. The summed E-state index contributed by atoms with van der Waals surface area (Å²) in [6.07, 6.45) is 0. The van der Waals surface area contributed by atoms with Crippen LogP contribution in [-0.4, -0.2) is 29.9 Å². The van der Waals surface area contributed by atoms with Crippen LogP contribution in [0.15, 0.2) is 231 Å². The second kappa shape index (κ2) is 16.6. The molecule has 0 bridgehead atoms. The summed E-state index contributed by atoms with van der Waals surface area (Å²) in [5, 5.41) is 14.5. The molecule has 0 fully saturated rings. The maximum absolute atomic E-state index is 5.11. The minimum atomic E-state index is -0.290. The van der Waals surface area contributed by atoms with Crippen molar-refractivity contribution in [3.8, 4) is 79.5 Å². The summed E-state index contributed by atoms with van der Waals surface area (Å²) in [7, 11) is 0. The quantitative estimate of drug-likeness (QED) is 0.155. The van der Waals surface area contributed by atoms with Crippen molar-refractivity contribution < 1.29 is 0 Å². The number of fused-ring (bicyclic) bond motifs is 15. The molecular formula is C69H44N6. The molecule has 6 nitrogen and oxygen atoms in total. The van der Waals surface area contributed by atoms with Gasteiger partial charge in [0.05, 0.1) is 0 Å². The highest BCUT2D eigenvalue weighted by atomic mass is 15.0. The minimum absolute atomic E-state index is 0.290. The summed E-state index contributed by atoms with van der Waals surface area (Å²) in [5.74, 6) is 3.87. The Balaban J connectivity index is 0.899. The molecule has 0 amide bonds. The predicted molar refractivity (Wildman–Crippen MR) is 308 cm³/mol. The van der Waals surface area contributed by atoms with Gasteiger partial charge in [-0.25, -0.2) is 29.9 Å². The van der Waals surface area contributed by atoms with Gasteiger partial charge in [-0.3, -0.25) is 0 Å². The van der Waals surface area contributed by atoms with E-state index >= 15 is 0 Å². The molecule has 15 rings (SSSR count). The van der Waals surface area contributed by atoms with Gasteiger partial charge in [-0.05, 0) is 123 Å². The van der Waals surface area contributed by atoms with Crippen LogP contribution in [0.2, 0.25) is 0 Å². The Morgan fingerprint density at radius 1 is 0.213 bits per heavy atom. The number of hydrogen-bond acceptors (Lipinski definition) is 6. The van der Waals surface area contributed by atoms with Crippen LogP contribution in [-0.2, 0) is 5.41 Å². The molecule has 12 aromatic carbocycles. The molecule has 75 heavy (non-hydrogen) atoms. The molecule has 14 aromatic rings. The van der Waals surface area contributed by atoms with Crippen molar-refractivity contribution in [2.45, 2.75) is 19.3 Å². The first-order chi connectivity index (χ1) is 36.9. The average molecular weight is 957 g/mol. The fourth-order valence-electron chi connectivity index (χ4n) is 11.8. The third-order valence-electron chi connectivity index (χ3n) is 15.5. The maximum Gasteiger partial charge on any atom is 0.164 e. The van der Waals surface area contributed by atoms with E-state index in [1.165, 1.54) is 86.9 Å². The monoisotopic (exact) mass is 956 g/mol. The zero-order valence-corrected chi connectivity index (χ0v) is 41.1. The smallest absolute Gasteiger partial charge is 0.164 e.